The van der Waals surface area contributed by atoms with Crippen LogP contribution in [0, 0.1) is 0 Å². The molecule has 2 rings (SSSR count). The van der Waals surface area contributed by atoms with Crippen molar-refractivity contribution in [1.82, 2.24) is 15.5 Å². The molecule has 2 atom stereocenters. The number of rotatable bonds is 12. The lowest BCUT2D eigenvalue weighted by atomic mass is 9.98. The van der Waals surface area contributed by atoms with E-state index in [2.05, 4.69) is 17.6 Å². The molecule has 0 heterocycles. The number of carbonyl (C=O) groups excluding carboxylic acids is 3. The number of carbonyl (C=O) groups is 3. The molecule has 0 aliphatic rings. The summed E-state index contributed by atoms with van der Waals surface area (Å²) in [5, 5.41) is 16.0. The highest BCUT2D eigenvalue weighted by Crippen LogP contribution is 2.27. The van der Waals surface area contributed by atoms with Gasteiger partial charge in [-0.25, -0.2) is 4.79 Å². The number of hydrogen-bond donors (Lipinski definition) is 3. The Bertz CT molecular complexity index is 1110. The standard InChI is InChI=1S/C32H47N3O5/c1-8-9-10-14-20-35(27(28(37)34-31(2,3)4)24-18-15-19-25(36)22-24)29(38)26(21-23-16-12-11-13-17-23)33-30(39)40-32(5,6)7/h11-13,15-19,22,26-27,36H,8-10,14,20-21H2,1-7H3,(H,33,39)(H,34,37). The molecule has 2 aromatic carbocycles. The number of phenols is 1. The predicted molar refractivity (Wildman–Crippen MR) is 158 cm³/mol. The number of phenolic OH excluding ortho intramolecular Hbond substituents is 1. The van der Waals surface area contributed by atoms with Crippen LogP contribution in [-0.4, -0.2) is 51.6 Å². The number of benzene rings is 2. The summed E-state index contributed by atoms with van der Waals surface area (Å²) in [6.45, 7) is 13.3. The maximum absolute atomic E-state index is 14.4. The smallest absolute Gasteiger partial charge is 0.408 e. The van der Waals surface area contributed by atoms with Crippen molar-refractivity contribution in [3.05, 3.63) is 65.7 Å². The Balaban J connectivity index is 2.57. The molecule has 40 heavy (non-hydrogen) atoms. The SMILES string of the molecule is CCCCCCN(C(=O)C(Cc1ccccc1)NC(=O)OC(C)(C)C)C(C(=O)NC(C)(C)C)c1cccc(O)c1. The highest BCUT2D eigenvalue weighted by Gasteiger charge is 2.37. The fourth-order valence-electron chi connectivity index (χ4n) is 4.38. The Labute approximate surface area is 239 Å². The van der Waals surface area contributed by atoms with Crippen molar-refractivity contribution in [1.29, 1.82) is 0 Å². The number of alkyl carbamates (subject to hydrolysis) is 1. The van der Waals surface area contributed by atoms with E-state index in [-0.39, 0.29) is 18.1 Å². The number of unbranched alkanes of at least 4 members (excludes halogenated alkanes) is 3. The number of hydrogen-bond acceptors (Lipinski definition) is 5. The fourth-order valence-corrected chi connectivity index (χ4v) is 4.38. The summed E-state index contributed by atoms with van der Waals surface area (Å²) in [5.74, 6) is -0.765. The highest BCUT2D eigenvalue weighted by molar-refractivity contribution is 5.92. The van der Waals surface area contributed by atoms with E-state index in [0.717, 1.165) is 24.8 Å². The quantitative estimate of drug-likeness (QED) is 0.284. The summed E-state index contributed by atoms with van der Waals surface area (Å²) >= 11 is 0. The number of amides is 3. The molecule has 8 heteroatoms. The third-order valence-corrected chi connectivity index (χ3v) is 6.05. The lowest BCUT2D eigenvalue weighted by Gasteiger charge is -2.36. The van der Waals surface area contributed by atoms with E-state index in [1.54, 1.807) is 32.9 Å². The van der Waals surface area contributed by atoms with Crippen LogP contribution >= 0.6 is 0 Å². The van der Waals surface area contributed by atoms with Crippen molar-refractivity contribution in [2.45, 2.75) is 104 Å². The summed E-state index contributed by atoms with van der Waals surface area (Å²) in [6.07, 6.45) is 3.10. The molecule has 0 saturated carbocycles. The van der Waals surface area contributed by atoms with Crippen LogP contribution in [0.3, 0.4) is 0 Å². The molecule has 0 aromatic heterocycles. The highest BCUT2D eigenvalue weighted by atomic mass is 16.6. The molecule has 8 nitrogen and oxygen atoms in total. The molecule has 3 N–H and O–H groups in total. The van der Waals surface area contributed by atoms with Gasteiger partial charge in [0.05, 0.1) is 0 Å². The summed E-state index contributed by atoms with van der Waals surface area (Å²) in [6, 6.07) is 13.8. The second-order valence-corrected chi connectivity index (χ2v) is 12.2. The van der Waals surface area contributed by atoms with Gasteiger partial charge in [0.25, 0.3) is 0 Å². The molecule has 2 aromatic rings. The Morgan fingerprint density at radius 3 is 2.17 bits per heavy atom. The molecule has 0 bridgehead atoms. The van der Waals surface area contributed by atoms with Gasteiger partial charge in [-0.15, -0.1) is 0 Å². The maximum atomic E-state index is 14.4. The van der Waals surface area contributed by atoms with Crippen LogP contribution in [0.2, 0.25) is 0 Å². The minimum absolute atomic E-state index is 0.00263. The maximum Gasteiger partial charge on any atom is 0.408 e. The van der Waals surface area contributed by atoms with Gasteiger partial charge in [-0.2, -0.15) is 0 Å². The van der Waals surface area contributed by atoms with Crippen LogP contribution in [0.25, 0.3) is 0 Å². The molecule has 0 aliphatic carbocycles. The Hall–Kier alpha value is -3.55. The minimum Gasteiger partial charge on any atom is -0.508 e. The minimum atomic E-state index is -1.01. The largest absolute Gasteiger partial charge is 0.508 e. The van der Waals surface area contributed by atoms with Gasteiger partial charge in [-0.05, 0) is 71.2 Å². The zero-order chi connectivity index (χ0) is 29.9. The average Bonchev–Trinajstić information content (AvgIpc) is 2.83. The van der Waals surface area contributed by atoms with E-state index in [1.165, 1.54) is 17.0 Å². The second kappa shape index (κ2) is 14.7. The van der Waals surface area contributed by atoms with E-state index in [1.807, 2.05) is 51.1 Å². The monoisotopic (exact) mass is 553 g/mol. The Morgan fingerprint density at radius 1 is 0.925 bits per heavy atom. The topological polar surface area (TPSA) is 108 Å². The fraction of sp³-hybridized carbons (Fsp3) is 0.531. The zero-order valence-corrected chi connectivity index (χ0v) is 25.1. The number of ether oxygens (including phenoxy) is 1. The summed E-state index contributed by atoms with van der Waals surface area (Å²) in [7, 11) is 0. The molecule has 0 aliphatic heterocycles. The van der Waals surface area contributed by atoms with Gasteiger partial charge in [0.1, 0.15) is 23.4 Å². The van der Waals surface area contributed by atoms with Crippen LogP contribution in [0.15, 0.2) is 54.6 Å². The Morgan fingerprint density at radius 2 is 1.60 bits per heavy atom. The van der Waals surface area contributed by atoms with Gasteiger partial charge < -0.3 is 25.4 Å². The number of nitrogens with one attached hydrogen (secondary N) is 2. The van der Waals surface area contributed by atoms with E-state index in [0.29, 0.717) is 18.5 Å². The molecule has 220 valence electrons. The third kappa shape index (κ3) is 11.3. The molecule has 0 fully saturated rings. The average molecular weight is 554 g/mol. The first-order chi connectivity index (χ1) is 18.7. The molecular formula is C32H47N3O5. The van der Waals surface area contributed by atoms with Crippen molar-refractivity contribution in [2.75, 3.05) is 6.54 Å². The summed E-state index contributed by atoms with van der Waals surface area (Å²) < 4.78 is 5.49. The van der Waals surface area contributed by atoms with Crippen molar-refractivity contribution in [2.24, 2.45) is 0 Å². The summed E-state index contributed by atoms with van der Waals surface area (Å²) in [4.78, 5) is 42.6. The molecule has 3 amide bonds. The first-order valence-corrected chi connectivity index (χ1v) is 14.1. The van der Waals surface area contributed by atoms with Crippen LogP contribution in [0.4, 0.5) is 4.79 Å². The van der Waals surface area contributed by atoms with Gasteiger partial charge >= 0.3 is 6.09 Å². The van der Waals surface area contributed by atoms with E-state index >= 15 is 0 Å². The van der Waals surface area contributed by atoms with Crippen LogP contribution in [-0.2, 0) is 20.7 Å². The van der Waals surface area contributed by atoms with Gasteiger partial charge in [-0.3, -0.25) is 9.59 Å². The normalized spacial score (nSPS) is 13.2. The first kappa shape index (κ1) is 32.7. The van der Waals surface area contributed by atoms with Gasteiger partial charge in [0.15, 0.2) is 0 Å². The lowest BCUT2D eigenvalue weighted by Crippen LogP contribution is -2.55. The predicted octanol–water partition coefficient (Wildman–Crippen LogP) is 5.89. The molecule has 0 saturated heterocycles. The number of aromatic hydroxyl groups is 1. The van der Waals surface area contributed by atoms with Gasteiger partial charge in [0.2, 0.25) is 11.8 Å². The molecular weight excluding hydrogens is 506 g/mol. The number of nitrogens with zero attached hydrogens (tertiary/aromatic N) is 1. The van der Waals surface area contributed by atoms with Gasteiger partial charge in [0, 0.05) is 18.5 Å². The van der Waals surface area contributed by atoms with Crippen LogP contribution < -0.4 is 10.6 Å². The summed E-state index contributed by atoms with van der Waals surface area (Å²) in [5.41, 5.74) is 0.0413. The first-order valence-electron chi connectivity index (χ1n) is 14.1. The van der Waals surface area contributed by atoms with Gasteiger partial charge in [-0.1, -0.05) is 68.7 Å². The van der Waals surface area contributed by atoms with E-state index in [9.17, 15) is 19.5 Å². The van der Waals surface area contributed by atoms with Crippen LogP contribution in [0.5, 0.6) is 5.75 Å². The molecule has 2 unspecified atom stereocenters. The van der Waals surface area contributed by atoms with Crippen molar-refractivity contribution in [3.8, 4) is 5.75 Å². The van der Waals surface area contributed by atoms with E-state index < -0.39 is 35.2 Å². The van der Waals surface area contributed by atoms with Crippen LogP contribution in [0.1, 0.15) is 91.3 Å². The van der Waals surface area contributed by atoms with Crippen molar-refractivity contribution >= 4 is 17.9 Å². The van der Waals surface area contributed by atoms with Crippen molar-refractivity contribution < 1.29 is 24.2 Å². The molecule has 0 radical (unpaired) electrons. The zero-order valence-electron chi connectivity index (χ0n) is 25.1. The van der Waals surface area contributed by atoms with Crippen molar-refractivity contribution in [3.63, 3.8) is 0 Å². The molecule has 0 spiro atoms. The van der Waals surface area contributed by atoms with E-state index in [4.69, 9.17) is 4.74 Å². The lowest BCUT2D eigenvalue weighted by molar-refractivity contribution is -0.143. The second-order valence-electron chi connectivity index (χ2n) is 12.2. The Kier molecular flexibility index (Phi) is 12.0. The third-order valence-electron chi connectivity index (χ3n) is 6.05.